The van der Waals surface area contributed by atoms with E-state index in [1.165, 1.54) is 36.1 Å². The van der Waals surface area contributed by atoms with E-state index in [0.29, 0.717) is 11.7 Å². The van der Waals surface area contributed by atoms with Gasteiger partial charge < -0.3 is 10.1 Å². The van der Waals surface area contributed by atoms with Crippen LogP contribution in [0.2, 0.25) is 0 Å². The van der Waals surface area contributed by atoms with E-state index in [1.807, 2.05) is 12.1 Å². The Labute approximate surface area is 166 Å². The molecule has 2 aromatic carbocycles. The van der Waals surface area contributed by atoms with Gasteiger partial charge in [-0.3, -0.25) is 0 Å². The van der Waals surface area contributed by atoms with Crippen molar-refractivity contribution in [3.8, 4) is 11.8 Å². The summed E-state index contributed by atoms with van der Waals surface area (Å²) in [6, 6.07) is 14.8. The normalized spacial score (nSPS) is 26.0. The minimum Gasteiger partial charge on any atom is -0.485 e. The van der Waals surface area contributed by atoms with Crippen molar-refractivity contribution in [2.75, 3.05) is 13.1 Å². The molecular formula is C24H27FN2O. The van der Waals surface area contributed by atoms with Crippen LogP contribution in [0.3, 0.4) is 0 Å². The van der Waals surface area contributed by atoms with Crippen LogP contribution < -0.4 is 10.1 Å². The van der Waals surface area contributed by atoms with Crippen LogP contribution in [0.15, 0.2) is 42.5 Å². The van der Waals surface area contributed by atoms with Crippen LogP contribution in [0.1, 0.15) is 49.0 Å². The third kappa shape index (κ3) is 3.77. The minimum absolute atomic E-state index is 0.0510. The number of nitrogens with one attached hydrogen (secondary N) is 1. The lowest BCUT2D eigenvalue weighted by Gasteiger charge is -2.24. The van der Waals surface area contributed by atoms with E-state index in [0.717, 1.165) is 37.8 Å². The van der Waals surface area contributed by atoms with Crippen LogP contribution in [0.4, 0.5) is 4.39 Å². The number of hydrogen-bond acceptors (Lipinski definition) is 3. The molecule has 2 aliphatic rings. The van der Waals surface area contributed by atoms with Crippen molar-refractivity contribution < 1.29 is 9.13 Å². The second-order valence-corrected chi connectivity index (χ2v) is 8.12. The highest BCUT2D eigenvalue weighted by Gasteiger charge is 2.35. The Hall–Kier alpha value is -2.38. The summed E-state index contributed by atoms with van der Waals surface area (Å²) in [4.78, 5) is 0. The standard InChI is InChI=1S/C24H27FN2O/c1-2-16-14-27-15-20(16)8-7-18-11-17-5-3-4-6-22(17)24(18)28-21-10-9-19(13-26)23(25)12-21/h3-6,9-10,12,16,18,20,24,27H,2,7-8,11,14-15H2,1H3/t16?,18-,20?,24?/m1/s1. The molecule has 146 valence electrons. The van der Waals surface area contributed by atoms with Crippen LogP contribution in [-0.4, -0.2) is 13.1 Å². The molecule has 1 aliphatic heterocycles. The quantitative estimate of drug-likeness (QED) is 0.768. The van der Waals surface area contributed by atoms with Gasteiger partial charge in [0.05, 0.1) is 5.56 Å². The van der Waals surface area contributed by atoms with Crippen molar-refractivity contribution in [3.63, 3.8) is 0 Å². The average molecular weight is 378 g/mol. The second kappa shape index (κ2) is 8.32. The molecule has 1 saturated heterocycles. The summed E-state index contributed by atoms with van der Waals surface area (Å²) in [5.41, 5.74) is 2.60. The zero-order valence-corrected chi connectivity index (χ0v) is 16.3. The molecule has 2 aromatic rings. The Balaban J connectivity index is 1.51. The molecule has 1 N–H and O–H groups in total. The summed E-state index contributed by atoms with van der Waals surface area (Å²) in [6.07, 6.45) is 4.49. The van der Waals surface area contributed by atoms with Gasteiger partial charge in [0, 0.05) is 12.0 Å². The van der Waals surface area contributed by atoms with Crippen LogP contribution in [0, 0.1) is 34.9 Å². The predicted molar refractivity (Wildman–Crippen MR) is 107 cm³/mol. The van der Waals surface area contributed by atoms with E-state index in [9.17, 15) is 4.39 Å². The van der Waals surface area contributed by atoms with Crippen LogP contribution in [0.25, 0.3) is 0 Å². The van der Waals surface area contributed by atoms with Crippen molar-refractivity contribution >= 4 is 0 Å². The summed E-state index contributed by atoms with van der Waals surface area (Å²) < 4.78 is 20.3. The highest BCUT2D eigenvalue weighted by atomic mass is 19.1. The maximum absolute atomic E-state index is 14.0. The third-order valence-corrected chi connectivity index (χ3v) is 6.51. The summed E-state index contributed by atoms with van der Waals surface area (Å²) >= 11 is 0. The van der Waals surface area contributed by atoms with Gasteiger partial charge in [0.1, 0.15) is 23.7 Å². The average Bonchev–Trinajstić information content (AvgIpc) is 3.31. The number of nitrogens with zero attached hydrogens (tertiary/aromatic N) is 1. The monoisotopic (exact) mass is 378 g/mol. The molecule has 0 spiro atoms. The zero-order valence-electron chi connectivity index (χ0n) is 16.3. The fourth-order valence-corrected chi connectivity index (χ4v) is 4.89. The fraction of sp³-hybridized carbons (Fsp3) is 0.458. The highest BCUT2D eigenvalue weighted by molar-refractivity contribution is 5.39. The third-order valence-electron chi connectivity index (χ3n) is 6.51. The Morgan fingerprint density at radius 3 is 2.68 bits per heavy atom. The van der Waals surface area contributed by atoms with Gasteiger partial charge in [-0.2, -0.15) is 5.26 Å². The molecule has 28 heavy (non-hydrogen) atoms. The maximum atomic E-state index is 14.0. The number of rotatable bonds is 6. The predicted octanol–water partition coefficient (Wildman–Crippen LogP) is 5.02. The van der Waals surface area contributed by atoms with Gasteiger partial charge >= 0.3 is 0 Å². The van der Waals surface area contributed by atoms with Crippen molar-refractivity contribution in [1.82, 2.24) is 5.32 Å². The number of benzene rings is 2. The molecule has 1 fully saturated rings. The lowest BCUT2D eigenvalue weighted by Crippen LogP contribution is -2.18. The molecule has 4 heteroatoms. The first kappa shape index (κ1) is 19.0. The van der Waals surface area contributed by atoms with E-state index in [-0.39, 0.29) is 11.7 Å². The van der Waals surface area contributed by atoms with Gasteiger partial charge in [-0.05, 0) is 67.4 Å². The van der Waals surface area contributed by atoms with E-state index >= 15 is 0 Å². The Kier molecular flexibility index (Phi) is 5.64. The van der Waals surface area contributed by atoms with E-state index < -0.39 is 5.82 Å². The fourth-order valence-electron chi connectivity index (χ4n) is 4.89. The Morgan fingerprint density at radius 2 is 1.89 bits per heavy atom. The topological polar surface area (TPSA) is 45.0 Å². The lowest BCUT2D eigenvalue weighted by molar-refractivity contribution is 0.136. The minimum atomic E-state index is -0.523. The van der Waals surface area contributed by atoms with Crippen molar-refractivity contribution in [3.05, 3.63) is 65.0 Å². The van der Waals surface area contributed by atoms with Crippen molar-refractivity contribution in [2.45, 2.75) is 38.7 Å². The van der Waals surface area contributed by atoms with Gasteiger partial charge in [-0.25, -0.2) is 4.39 Å². The number of ether oxygens (including phenoxy) is 1. The summed E-state index contributed by atoms with van der Waals surface area (Å²) in [5.74, 6) is 1.88. The largest absolute Gasteiger partial charge is 0.485 e. The second-order valence-electron chi connectivity index (χ2n) is 8.12. The van der Waals surface area contributed by atoms with E-state index in [4.69, 9.17) is 10.00 Å². The SMILES string of the molecule is CCC1CNCC1CC[C@@H]1Cc2ccccc2C1Oc1ccc(C#N)c(F)c1. The summed E-state index contributed by atoms with van der Waals surface area (Å²) in [5, 5.41) is 12.5. The zero-order chi connectivity index (χ0) is 19.5. The molecule has 1 heterocycles. The molecule has 3 nitrogen and oxygen atoms in total. The van der Waals surface area contributed by atoms with E-state index in [2.05, 4.69) is 30.4 Å². The molecule has 0 saturated carbocycles. The summed E-state index contributed by atoms with van der Waals surface area (Å²) in [6.45, 7) is 4.53. The highest BCUT2D eigenvalue weighted by Crippen LogP contribution is 2.43. The van der Waals surface area contributed by atoms with Gasteiger partial charge in [0.25, 0.3) is 0 Å². The van der Waals surface area contributed by atoms with Crippen LogP contribution >= 0.6 is 0 Å². The van der Waals surface area contributed by atoms with Gasteiger partial charge in [-0.1, -0.05) is 37.6 Å². The maximum Gasteiger partial charge on any atom is 0.144 e. The molecule has 1 aliphatic carbocycles. The molecule has 3 unspecified atom stereocenters. The molecule has 0 aromatic heterocycles. The first-order valence-corrected chi connectivity index (χ1v) is 10.3. The molecule has 4 atom stereocenters. The van der Waals surface area contributed by atoms with Crippen LogP contribution in [0.5, 0.6) is 5.75 Å². The molecule has 0 amide bonds. The van der Waals surface area contributed by atoms with Gasteiger partial charge in [0.2, 0.25) is 0 Å². The number of nitriles is 1. The van der Waals surface area contributed by atoms with Crippen molar-refractivity contribution in [2.24, 2.45) is 17.8 Å². The lowest BCUT2D eigenvalue weighted by atomic mass is 9.85. The number of halogens is 1. The molecule has 4 rings (SSSR count). The van der Waals surface area contributed by atoms with Gasteiger partial charge in [0.15, 0.2) is 0 Å². The smallest absolute Gasteiger partial charge is 0.144 e. The number of fused-ring (bicyclic) bond motifs is 1. The Morgan fingerprint density at radius 1 is 1.11 bits per heavy atom. The first-order valence-electron chi connectivity index (χ1n) is 10.3. The molecule has 0 radical (unpaired) electrons. The Bertz CT molecular complexity index is 875. The molecular weight excluding hydrogens is 351 g/mol. The summed E-state index contributed by atoms with van der Waals surface area (Å²) in [7, 11) is 0. The van der Waals surface area contributed by atoms with Crippen LogP contribution in [-0.2, 0) is 6.42 Å². The molecule has 0 bridgehead atoms. The van der Waals surface area contributed by atoms with E-state index in [1.54, 1.807) is 6.07 Å². The van der Waals surface area contributed by atoms with Crippen molar-refractivity contribution in [1.29, 1.82) is 5.26 Å². The first-order chi connectivity index (χ1) is 13.7. The number of hydrogen-bond donors (Lipinski definition) is 1. The van der Waals surface area contributed by atoms with Gasteiger partial charge in [-0.15, -0.1) is 0 Å².